The molecule has 7 heteroatoms. The number of hydrogen-bond donors (Lipinski definition) is 1. The van der Waals surface area contributed by atoms with Gasteiger partial charge in [0.15, 0.2) is 0 Å². The molecule has 1 N–H and O–H groups in total. The summed E-state index contributed by atoms with van der Waals surface area (Å²) in [5.74, 6) is -2.10. The van der Waals surface area contributed by atoms with Gasteiger partial charge in [-0.05, 0) is 30.4 Å². The number of carboxylic acid groups (broad SMARTS) is 1. The van der Waals surface area contributed by atoms with Crippen LogP contribution in [0, 0.1) is 23.7 Å². The fraction of sp³-hybridized carbons (Fsp3) is 0.438. The molecule has 6 atom stereocenters. The van der Waals surface area contributed by atoms with Gasteiger partial charge in [-0.2, -0.15) is 0 Å². The van der Waals surface area contributed by atoms with Crippen LogP contribution in [-0.4, -0.2) is 32.5 Å². The number of para-hydroxylation sites is 1. The zero-order valence-electron chi connectivity index (χ0n) is 11.9. The number of carbonyl (C=O) groups is 3. The van der Waals surface area contributed by atoms with Gasteiger partial charge in [0.2, 0.25) is 11.8 Å². The number of rotatable bonds is 2. The summed E-state index contributed by atoms with van der Waals surface area (Å²) in [6.45, 7) is 0. The second-order valence-electron chi connectivity index (χ2n) is 6.34. The Hall–Kier alpha value is -1.21. The largest absolute Gasteiger partial charge is 0.478 e. The molecule has 2 amide bonds. The summed E-state index contributed by atoms with van der Waals surface area (Å²) in [5.41, 5.74) is 0.161. The lowest BCUT2D eigenvalue weighted by Gasteiger charge is -2.28. The molecule has 2 saturated carbocycles. The summed E-state index contributed by atoms with van der Waals surface area (Å²) in [6, 6.07) is 6.18. The highest BCUT2D eigenvalue weighted by Crippen LogP contribution is 2.60. The van der Waals surface area contributed by atoms with Crippen molar-refractivity contribution >= 4 is 55.3 Å². The maximum absolute atomic E-state index is 12.9. The van der Waals surface area contributed by atoms with Gasteiger partial charge in [-0.25, -0.2) is 9.69 Å². The molecule has 0 radical (unpaired) electrons. The van der Waals surface area contributed by atoms with Gasteiger partial charge in [0.25, 0.3) is 0 Å². The van der Waals surface area contributed by atoms with Gasteiger partial charge in [0.05, 0.1) is 23.1 Å². The van der Waals surface area contributed by atoms with Crippen LogP contribution in [0.3, 0.4) is 0 Å². The number of aromatic carboxylic acids is 1. The molecular weight excluding hydrogens is 430 g/mol. The first kappa shape index (κ1) is 15.3. The monoisotopic (exact) mass is 441 g/mol. The van der Waals surface area contributed by atoms with Crippen molar-refractivity contribution in [3.63, 3.8) is 0 Å². The molecule has 0 aromatic heterocycles. The predicted molar refractivity (Wildman–Crippen MR) is 89.9 cm³/mol. The first-order valence-electron chi connectivity index (χ1n) is 7.41. The van der Waals surface area contributed by atoms with Crippen molar-refractivity contribution < 1.29 is 19.5 Å². The number of carbonyl (C=O) groups excluding carboxylic acids is 2. The van der Waals surface area contributed by atoms with Crippen molar-refractivity contribution in [2.45, 2.75) is 16.1 Å². The van der Waals surface area contributed by atoms with E-state index in [0.29, 0.717) is 0 Å². The Morgan fingerprint density at radius 3 is 2.09 bits per heavy atom. The van der Waals surface area contributed by atoms with Gasteiger partial charge in [0.1, 0.15) is 0 Å². The smallest absolute Gasteiger partial charge is 0.337 e. The van der Waals surface area contributed by atoms with Crippen LogP contribution >= 0.6 is 31.9 Å². The third-order valence-electron chi connectivity index (χ3n) is 5.36. The van der Waals surface area contributed by atoms with Crippen molar-refractivity contribution in [2.75, 3.05) is 4.90 Å². The van der Waals surface area contributed by atoms with E-state index >= 15 is 0 Å². The van der Waals surface area contributed by atoms with Gasteiger partial charge in [-0.1, -0.05) is 44.0 Å². The summed E-state index contributed by atoms with van der Waals surface area (Å²) >= 11 is 7.27. The van der Waals surface area contributed by atoms with E-state index in [-0.39, 0.29) is 56.4 Å². The highest BCUT2D eigenvalue weighted by molar-refractivity contribution is 9.12. The van der Waals surface area contributed by atoms with E-state index in [1.165, 1.54) is 12.1 Å². The average Bonchev–Trinajstić information content (AvgIpc) is 3.12. The van der Waals surface area contributed by atoms with Crippen LogP contribution in [0.15, 0.2) is 24.3 Å². The molecule has 120 valence electrons. The zero-order chi connectivity index (χ0) is 16.5. The maximum Gasteiger partial charge on any atom is 0.337 e. The average molecular weight is 443 g/mol. The topological polar surface area (TPSA) is 74.7 Å². The Morgan fingerprint density at radius 2 is 1.57 bits per heavy atom. The van der Waals surface area contributed by atoms with Crippen molar-refractivity contribution in [2.24, 2.45) is 23.7 Å². The summed E-state index contributed by atoms with van der Waals surface area (Å²) in [7, 11) is 0. The van der Waals surface area contributed by atoms with E-state index in [2.05, 4.69) is 31.9 Å². The zero-order valence-corrected chi connectivity index (χ0v) is 15.0. The molecule has 0 spiro atoms. The molecule has 5 nitrogen and oxygen atoms in total. The summed E-state index contributed by atoms with van der Waals surface area (Å²) in [4.78, 5) is 38.6. The molecular formula is C16H13Br2NO4. The Kier molecular flexibility index (Phi) is 3.43. The van der Waals surface area contributed by atoms with Gasteiger partial charge in [0, 0.05) is 9.65 Å². The van der Waals surface area contributed by atoms with E-state index in [1.54, 1.807) is 12.1 Å². The number of nitrogens with zero attached hydrogens (tertiary/aromatic N) is 1. The first-order chi connectivity index (χ1) is 10.9. The number of imide groups is 1. The Morgan fingerprint density at radius 1 is 1.04 bits per heavy atom. The van der Waals surface area contributed by atoms with Crippen LogP contribution in [-0.2, 0) is 9.59 Å². The summed E-state index contributed by atoms with van der Waals surface area (Å²) in [6.07, 6.45) is 0.854. The predicted octanol–water partition coefficient (Wildman–Crippen LogP) is 2.67. The van der Waals surface area contributed by atoms with Gasteiger partial charge < -0.3 is 5.11 Å². The number of carboxylic acids is 1. The molecule has 1 aromatic carbocycles. The van der Waals surface area contributed by atoms with Crippen LogP contribution in [0.4, 0.5) is 5.69 Å². The minimum atomic E-state index is -1.14. The lowest BCUT2D eigenvalue weighted by molar-refractivity contribution is -0.123. The van der Waals surface area contributed by atoms with Crippen molar-refractivity contribution in [1.29, 1.82) is 0 Å². The number of benzene rings is 1. The van der Waals surface area contributed by atoms with E-state index in [9.17, 15) is 19.5 Å². The molecule has 3 fully saturated rings. The van der Waals surface area contributed by atoms with Gasteiger partial charge in [-0.3, -0.25) is 9.59 Å². The van der Waals surface area contributed by atoms with Crippen LogP contribution in [0.5, 0.6) is 0 Å². The Bertz CT molecular complexity index is 705. The number of fused-ring (bicyclic) bond motifs is 5. The number of halogens is 2. The highest BCUT2D eigenvalue weighted by atomic mass is 79.9. The van der Waals surface area contributed by atoms with Crippen LogP contribution in [0.1, 0.15) is 16.8 Å². The second kappa shape index (κ2) is 5.14. The second-order valence-corrected chi connectivity index (χ2v) is 8.45. The highest BCUT2D eigenvalue weighted by Gasteiger charge is 2.66. The SMILES string of the molecule is O=C(O)c1ccccc1N1C(=O)C2C3CC(C(Br)C3Br)C2C1=O. The van der Waals surface area contributed by atoms with Crippen LogP contribution in [0.2, 0.25) is 0 Å². The molecule has 6 unspecified atom stereocenters. The van der Waals surface area contributed by atoms with E-state index in [0.717, 1.165) is 11.3 Å². The van der Waals surface area contributed by atoms with E-state index in [4.69, 9.17) is 0 Å². The maximum atomic E-state index is 12.9. The Labute approximate surface area is 149 Å². The van der Waals surface area contributed by atoms with Crippen molar-refractivity contribution in [3.8, 4) is 0 Å². The van der Waals surface area contributed by atoms with E-state index in [1.807, 2.05) is 0 Å². The number of anilines is 1. The minimum Gasteiger partial charge on any atom is -0.478 e. The Balaban J connectivity index is 1.78. The molecule has 1 heterocycles. The molecule has 2 bridgehead atoms. The van der Waals surface area contributed by atoms with Crippen molar-refractivity contribution in [1.82, 2.24) is 0 Å². The van der Waals surface area contributed by atoms with Gasteiger partial charge >= 0.3 is 5.97 Å². The molecule has 2 aliphatic carbocycles. The number of alkyl halides is 2. The number of amides is 2. The lowest BCUT2D eigenvalue weighted by Crippen LogP contribution is -2.37. The standard InChI is InChI=1S/C16H13Br2NO4/c17-12-7-5-8(13(12)18)11-10(7)14(20)19(15(11)21)9-4-2-1-3-6(9)16(22)23/h1-4,7-8,10-13H,5H2,(H,22,23). The minimum absolute atomic E-state index is 0.0210. The molecule has 1 aromatic rings. The van der Waals surface area contributed by atoms with Crippen molar-refractivity contribution in [3.05, 3.63) is 29.8 Å². The fourth-order valence-electron chi connectivity index (χ4n) is 4.44. The third kappa shape index (κ3) is 1.92. The molecule has 1 saturated heterocycles. The fourth-order valence-corrected chi connectivity index (χ4v) is 6.31. The molecule has 4 rings (SSSR count). The number of hydrogen-bond acceptors (Lipinski definition) is 3. The summed E-state index contributed by atoms with van der Waals surface area (Å²) < 4.78 is 0. The first-order valence-corrected chi connectivity index (χ1v) is 9.25. The quantitative estimate of drug-likeness (QED) is 0.564. The van der Waals surface area contributed by atoms with Crippen LogP contribution in [0.25, 0.3) is 0 Å². The van der Waals surface area contributed by atoms with Gasteiger partial charge in [-0.15, -0.1) is 0 Å². The third-order valence-corrected chi connectivity index (χ3v) is 8.57. The molecule has 23 heavy (non-hydrogen) atoms. The molecule has 1 aliphatic heterocycles. The normalized spacial score (nSPS) is 38.3. The lowest BCUT2D eigenvalue weighted by atomic mass is 9.81. The summed E-state index contributed by atoms with van der Waals surface area (Å²) in [5, 5.41) is 9.34. The molecule has 3 aliphatic rings. The van der Waals surface area contributed by atoms with E-state index < -0.39 is 5.97 Å². The van der Waals surface area contributed by atoms with Crippen LogP contribution < -0.4 is 4.90 Å².